The quantitative estimate of drug-likeness (QED) is 0.806. The summed E-state index contributed by atoms with van der Waals surface area (Å²) in [6, 6.07) is 9.38. The minimum atomic E-state index is 0.279. The summed E-state index contributed by atoms with van der Waals surface area (Å²) in [5.41, 5.74) is 1.69. The van der Waals surface area contributed by atoms with E-state index in [9.17, 15) is 5.11 Å². The van der Waals surface area contributed by atoms with E-state index < -0.39 is 0 Å². The summed E-state index contributed by atoms with van der Waals surface area (Å²) in [4.78, 5) is 6.43. The zero-order valence-electron chi connectivity index (χ0n) is 15.1. The largest absolute Gasteiger partial charge is 0.396 e. The van der Waals surface area contributed by atoms with Crippen molar-refractivity contribution in [1.29, 1.82) is 0 Å². The Morgan fingerprint density at radius 1 is 1.17 bits per heavy atom. The lowest BCUT2D eigenvalue weighted by atomic mass is 9.94. The molecule has 130 valence electrons. The number of aliphatic hydroxyl groups is 1. The molecule has 1 aromatic carbocycles. The molecule has 4 heteroatoms. The fourth-order valence-electron chi connectivity index (χ4n) is 3.33. The van der Waals surface area contributed by atoms with Crippen molar-refractivity contribution in [1.82, 2.24) is 9.80 Å². The normalized spacial score (nSPS) is 20.8. The Bertz CT molecular complexity index is 469. The number of piperazine rings is 1. The van der Waals surface area contributed by atoms with Crippen LogP contribution in [-0.4, -0.2) is 60.0 Å². The molecule has 1 aliphatic heterocycles. The highest BCUT2D eigenvalue weighted by Crippen LogP contribution is 2.22. The molecular formula is C19H32N2OS. The molecule has 1 saturated heterocycles. The van der Waals surface area contributed by atoms with Crippen molar-refractivity contribution < 1.29 is 5.11 Å². The standard InChI is InChI=1S/C19H32N2OS/c1-19(2,3)15-21-11-10-20(14-17(21)9-12-22)13-16-5-7-18(23-4)8-6-16/h5-8,17,22H,9-15H2,1-4H3/t17-/m1/s1. The third kappa shape index (κ3) is 6.11. The van der Waals surface area contributed by atoms with Gasteiger partial charge in [0.1, 0.15) is 0 Å². The SMILES string of the molecule is CSc1ccc(CN2CCN(CC(C)(C)C)[C@H](CCO)C2)cc1. The Kier molecular flexibility index (Phi) is 6.96. The van der Waals surface area contributed by atoms with Gasteiger partial charge in [-0.25, -0.2) is 0 Å². The van der Waals surface area contributed by atoms with Gasteiger partial charge in [0.25, 0.3) is 0 Å². The average Bonchev–Trinajstić information content (AvgIpc) is 2.50. The summed E-state index contributed by atoms with van der Waals surface area (Å²) in [5, 5.41) is 9.42. The smallest absolute Gasteiger partial charge is 0.0446 e. The van der Waals surface area contributed by atoms with Gasteiger partial charge in [-0.2, -0.15) is 0 Å². The molecule has 1 heterocycles. The van der Waals surface area contributed by atoms with Gasteiger partial charge in [0, 0.05) is 50.3 Å². The van der Waals surface area contributed by atoms with Crippen LogP contribution in [0.4, 0.5) is 0 Å². The van der Waals surface area contributed by atoms with Crippen molar-refractivity contribution in [3.63, 3.8) is 0 Å². The van der Waals surface area contributed by atoms with Crippen LogP contribution in [0.15, 0.2) is 29.2 Å². The van der Waals surface area contributed by atoms with Crippen molar-refractivity contribution in [2.45, 2.75) is 44.7 Å². The molecule has 1 aliphatic rings. The Hall–Kier alpha value is -0.550. The first-order chi connectivity index (χ1) is 10.9. The van der Waals surface area contributed by atoms with Crippen molar-refractivity contribution >= 4 is 11.8 Å². The number of thioether (sulfide) groups is 1. The summed E-state index contributed by atoms with van der Waals surface area (Å²) in [7, 11) is 0. The van der Waals surface area contributed by atoms with Gasteiger partial charge in [-0.3, -0.25) is 9.80 Å². The molecule has 1 aromatic rings. The first-order valence-corrected chi connectivity index (χ1v) is 9.84. The van der Waals surface area contributed by atoms with E-state index in [1.165, 1.54) is 10.5 Å². The van der Waals surface area contributed by atoms with Gasteiger partial charge >= 0.3 is 0 Å². The maximum absolute atomic E-state index is 9.42. The van der Waals surface area contributed by atoms with Gasteiger partial charge in [-0.1, -0.05) is 32.9 Å². The molecule has 0 amide bonds. The van der Waals surface area contributed by atoms with Crippen LogP contribution in [0.25, 0.3) is 0 Å². The summed E-state index contributed by atoms with van der Waals surface area (Å²) in [6.45, 7) is 12.6. The third-order valence-corrected chi connectivity index (χ3v) is 5.14. The minimum Gasteiger partial charge on any atom is -0.396 e. The first kappa shape index (κ1) is 18.8. The summed E-state index contributed by atoms with van der Waals surface area (Å²) >= 11 is 1.79. The van der Waals surface area contributed by atoms with E-state index in [1.54, 1.807) is 11.8 Å². The van der Waals surface area contributed by atoms with Gasteiger partial charge in [-0.15, -0.1) is 11.8 Å². The molecule has 0 radical (unpaired) electrons. The van der Waals surface area contributed by atoms with Crippen LogP contribution < -0.4 is 0 Å². The topological polar surface area (TPSA) is 26.7 Å². The number of benzene rings is 1. The second-order valence-electron chi connectivity index (χ2n) is 7.78. The zero-order valence-corrected chi connectivity index (χ0v) is 15.9. The molecule has 0 bridgehead atoms. The molecule has 0 aliphatic carbocycles. The van der Waals surface area contributed by atoms with E-state index in [0.29, 0.717) is 11.5 Å². The highest BCUT2D eigenvalue weighted by atomic mass is 32.2. The zero-order chi connectivity index (χ0) is 16.9. The summed E-state index contributed by atoms with van der Waals surface area (Å²) in [5.74, 6) is 0. The molecule has 1 atom stereocenters. The van der Waals surface area contributed by atoms with Crippen LogP contribution in [0.2, 0.25) is 0 Å². The number of hydrogen-bond acceptors (Lipinski definition) is 4. The lowest BCUT2D eigenvalue weighted by Gasteiger charge is -2.44. The molecular weight excluding hydrogens is 304 g/mol. The van der Waals surface area contributed by atoms with Gasteiger partial charge < -0.3 is 5.11 Å². The Morgan fingerprint density at radius 2 is 1.87 bits per heavy atom. The average molecular weight is 337 g/mol. The minimum absolute atomic E-state index is 0.279. The lowest BCUT2D eigenvalue weighted by molar-refractivity contribution is 0.0340. The molecule has 2 rings (SSSR count). The maximum atomic E-state index is 9.42. The van der Waals surface area contributed by atoms with Crippen LogP contribution in [0.3, 0.4) is 0 Å². The molecule has 23 heavy (non-hydrogen) atoms. The van der Waals surface area contributed by atoms with Crippen LogP contribution >= 0.6 is 11.8 Å². The molecule has 0 unspecified atom stereocenters. The Labute approximate surface area is 146 Å². The Morgan fingerprint density at radius 3 is 2.43 bits per heavy atom. The van der Waals surface area contributed by atoms with Crippen LogP contribution in [0, 0.1) is 5.41 Å². The van der Waals surface area contributed by atoms with E-state index in [4.69, 9.17) is 0 Å². The molecule has 0 aromatic heterocycles. The van der Waals surface area contributed by atoms with Crippen LogP contribution in [-0.2, 0) is 6.54 Å². The van der Waals surface area contributed by atoms with E-state index in [1.807, 2.05) is 0 Å². The van der Waals surface area contributed by atoms with E-state index in [2.05, 4.69) is 61.1 Å². The van der Waals surface area contributed by atoms with Gasteiger partial charge in [0.15, 0.2) is 0 Å². The van der Waals surface area contributed by atoms with E-state index in [0.717, 1.165) is 39.1 Å². The second-order valence-corrected chi connectivity index (χ2v) is 8.66. The van der Waals surface area contributed by atoms with Gasteiger partial charge in [0.05, 0.1) is 0 Å². The fraction of sp³-hybridized carbons (Fsp3) is 0.684. The van der Waals surface area contributed by atoms with E-state index in [-0.39, 0.29) is 6.61 Å². The number of rotatable bonds is 6. The second kappa shape index (κ2) is 8.52. The number of nitrogens with zero attached hydrogens (tertiary/aromatic N) is 2. The van der Waals surface area contributed by atoms with Crippen LogP contribution in [0.5, 0.6) is 0 Å². The fourth-order valence-corrected chi connectivity index (χ4v) is 3.74. The monoisotopic (exact) mass is 336 g/mol. The molecule has 0 saturated carbocycles. The van der Waals surface area contributed by atoms with Crippen molar-refractivity contribution in [2.24, 2.45) is 5.41 Å². The van der Waals surface area contributed by atoms with Crippen molar-refractivity contribution in [3.8, 4) is 0 Å². The van der Waals surface area contributed by atoms with Gasteiger partial charge in [-0.05, 0) is 35.8 Å². The number of aliphatic hydroxyl groups excluding tert-OH is 1. The van der Waals surface area contributed by atoms with Crippen molar-refractivity contribution in [3.05, 3.63) is 29.8 Å². The summed E-state index contributed by atoms with van der Waals surface area (Å²) in [6.07, 6.45) is 2.99. The molecule has 0 spiro atoms. The lowest BCUT2D eigenvalue weighted by Crippen LogP contribution is -2.54. The Balaban J connectivity index is 1.94. The maximum Gasteiger partial charge on any atom is 0.0446 e. The highest BCUT2D eigenvalue weighted by Gasteiger charge is 2.29. The van der Waals surface area contributed by atoms with Crippen LogP contribution in [0.1, 0.15) is 32.8 Å². The molecule has 3 nitrogen and oxygen atoms in total. The third-order valence-electron chi connectivity index (χ3n) is 4.39. The highest BCUT2D eigenvalue weighted by molar-refractivity contribution is 7.98. The van der Waals surface area contributed by atoms with E-state index >= 15 is 0 Å². The molecule has 1 N–H and O–H groups in total. The van der Waals surface area contributed by atoms with Crippen molar-refractivity contribution in [2.75, 3.05) is 39.0 Å². The predicted molar refractivity (Wildman–Crippen MR) is 100 cm³/mol. The first-order valence-electron chi connectivity index (χ1n) is 8.61. The number of hydrogen-bond donors (Lipinski definition) is 1. The van der Waals surface area contributed by atoms with Gasteiger partial charge in [0.2, 0.25) is 0 Å². The summed E-state index contributed by atoms with van der Waals surface area (Å²) < 4.78 is 0. The molecule has 1 fully saturated rings. The predicted octanol–water partition coefficient (Wildman–Crippen LogP) is 3.32.